The molecule has 0 N–H and O–H groups in total. The Kier molecular flexibility index (Phi) is 8.20. The highest BCUT2D eigenvalue weighted by atomic mass is 17.2. The molecule has 1 amide bonds. The first-order valence-electron chi connectivity index (χ1n) is 11.3. The maximum absolute atomic E-state index is 13.3. The molecule has 6 nitrogen and oxygen atoms in total. The van der Waals surface area contributed by atoms with Crippen LogP contribution in [0, 0.1) is 0 Å². The predicted octanol–water partition coefficient (Wildman–Crippen LogP) is 5.41. The summed E-state index contributed by atoms with van der Waals surface area (Å²) in [6.07, 6.45) is 1.93. The topological polar surface area (TPSA) is 54.4 Å². The predicted molar refractivity (Wildman–Crippen MR) is 131 cm³/mol. The summed E-state index contributed by atoms with van der Waals surface area (Å²) in [4.78, 5) is 26.0. The lowest BCUT2D eigenvalue weighted by molar-refractivity contribution is -0.279. The Morgan fingerprint density at radius 3 is 2.38 bits per heavy atom. The number of benzene rings is 2. The van der Waals surface area contributed by atoms with Crippen molar-refractivity contribution in [1.82, 2.24) is 0 Å². The molecule has 1 aliphatic rings. The average Bonchev–Trinajstić information content (AvgIpc) is 3.11. The molecule has 32 heavy (non-hydrogen) atoms. The summed E-state index contributed by atoms with van der Waals surface area (Å²) in [5, 5.41) is 5.98. The molecule has 0 bridgehead atoms. The van der Waals surface area contributed by atoms with Crippen LogP contribution in [0.15, 0.2) is 59.2 Å². The highest BCUT2D eigenvalue weighted by molar-refractivity contribution is 6.33. The van der Waals surface area contributed by atoms with Crippen LogP contribution in [-0.4, -0.2) is 37.9 Å². The number of carbonyl (C=O) groups is 1. The Balaban J connectivity index is 2.02. The Hall–Kier alpha value is -2.96. The number of amides is 1. The molecular formula is C26H33N3O3. The smallest absolute Gasteiger partial charge is 0.280 e. The summed E-state index contributed by atoms with van der Waals surface area (Å²) in [6, 6.07) is 15.9. The summed E-state index contributed by atoms with van der Waals surface area (Å²) in [6.45, 7) is 12.9. The van der Waals surface area contributed by atoms with Crippen molar-refractivity contribution < 1.29 is 14.6 Å². The van der Waals surface area contributed by atoms with Gasteiger partial charge in [0.2, 0.25) is 0 Å². The zero-order valence-electron chi connectivity index (χ0n) is 19.7. The molecule has 0 saturated heterocycles. The number of nitrogens with zero attached hydrogens (tertiary/aromatic N) is 3. The van der Waals surface area contributed by atoms with E-state index in [-0.39, 0.29) is 12.5 Å². The summed E-state index contributed by atoms with van der Waals surface area (Å²) < 4.78 is 0. The van der Waals surface area contributed by atoms with Gasteiger partial charge in [-0.1, -0.05) is 38.1 Å². The molecule has 0 radical (unpaired) electrons. The molecule has 0 aliphatic carbocycles. The van der Waals surface area contributed by atoms with E-state index in [1.807, 2.05) is 43.3 Å². The third-order valence-corrected chi connectivity index (χ3v) is 5.47. The number of para-hydroxylation sites is 1. The Bertz CT molecular complexity index is 979. The Morgan fingerprint density at radius 1 is 1.03 bits per heavy atom. The fourth-order valence-corrected chi connectivity index (χ4v) is 3.77. The minimum atomic E-state index is -0.172. The molecule has 0 unspecified atom stereocenters. The molecule has 1 heterocycles. The summed E-state index contributed by atoms with van der Waals surface area (Å²) in [7, 11) is 0. The van der Waals surface area contributed by atoms with Gasteiger partial charge >= 0.3 is 0 Å². The molecule has 3 rings (SSSR count). The molecule has 0 atom stereocenters. The minimum absolute atomic E-state index is 0.100. The van der Waals surface area contributed by atoms with Crippen molar-refractivity contribution in [3.63, 3.8) is 0 Å². The first-order chi connectivity index (χ1) is 15.5. The second-order valence-corrected chi connectivity index (χ2v) is 7.87. The standard InChI is InChI=1S/C26H33N3O3/c1-6-28(7-2)22-15-14-20(23(17-22)19(4)5)16-24-25(18-32-31-8-3)27-29(26(24)30)21-12-10-9-11-13-21/h9-17,19H,6-8,18H2,1-5H3/b24-16-. The maximum atomic E-state index is 13.3. The van der Waals surface area contributed by atoms with Crippen LogP contribution in [0.4, 0.5) is 11.4 Å². The van der Waals surface area contributed by atoms with Crippen LogP contribution in [0.25, 0.3) is 6.08 Å². The van der Waals surface area contributed by atoms with Crippen LogP contribution < -0.4 is 9.91 Å². The second kappa shape index (κ2) is 11.1. The third-order valence-electron chi connectivity index (χ3n) is 5.47. The maximum Gasteiger partial charge on any atom is 0.280 e. The molecule has 0 saturated carbocycles. The van der Waals surface area contributed by atoms with Crippen molar-refractivity contribution >= 4 is 29.1 Å². The summed E-state index contributed by atoms with van der Waals surface area (Å²) >= 11 is 0. The van der Waals surface area contributed by atoms with Crippen molar-refractivity contribution in [2.75, 3.05) is 36.2 Å². The first kappa shape index (κ1) is 23.7. The number of hydrogen-bond donors (Lipinski definition) is 0. The van der Waals surface area contributed by atoms with Crippen molar-refractivity contribution in [3.8, 4) is 0 Å². The molecule has 6 heteroatoms. The van der Waals surface area contributed by atoms with Gasteiger partial charge in [0.1, 0.15) is 12.3 Å². The Morgan fingerprint density at radius 2 is 1.75 bits per heavy atom. The third kappa shape index (κ3) is 5.26. The summed E-state index contributed by atoms with van der Waals surface area (Å²) in [5.74, 6) is 0.132. The van der Waals surface area contributed by atoms with Gasteiger partial charge in [-0.3, -0.25) is 4.79 Å². The minimum Gasteiger partial charge on any atom is -0.372 e. The fraction of sp³-hybridized carbons (Fsp3) is 0.385. The first-order valence-corrected chi connectivity index (χ1v) is 11.3. The van der Waals surface area contributed by atoms with Gasteiger partial charge in [0.25, 0.3) is 5.91 Å². The van der Waals surface area contributed by atoms with E-state index in [0.29, 0.717) is 23.8 Å². The Labute approximate surface area is 191 Å². The molecule has 0 spiro atoms. The largest absolute Gasteiger partial charge is 0.372 e. The average molecular weight is 436 g/mol. The van der Waals surface area contributed by atoms with E-state index in [2.05, 4.69) is 55.9 Å². The van der Waals surface area contributed by atoms with Crippen LogP contribution in [0.5, 0.6) is 0 Å². The van der Waals surface area contributed by atoms with Crippen molar-refractivity contribution in [3.05, 3.63) is 65.2 Å². The quantitative estimate of drug-likeness (QED) is 0.217. The zero-order valence-corrected chi connectivity index (χ0v) is 19.7. The lowest BCUT2D eigenvalue weighted by Gasteiger charge is -2.23. The van der Waals surface area contributed by atoms with Crippen LogP contribution in [0.1, 0.15) is 51.7 Å². The van der Waals surface area contributed by atoms with Gasteiger partial charge < -0.3 is 4.90 Å². The van der Waals surface area contributed by atoms with E-state index < -0.39 is 0 Å². The van der Waals surface area contributed by atoms with E-state index >= 15 is 0 Å². The van der Waals surface area contributed by atoms with Crippen molar-refractivity contribution in [2.24, 2.45) is 5.10 Å². The number of hydrogen-bond acceptors (Lipinski definition) is 5. The monoisotopic (exact) mass is 435 g/mol. The lowest BCUT2D eigenvalue weighted by Crippen LogP contribution is -2.22. The zero-order chi connectivity index (χ0) is 23.1. The van der Waals surface area contributed by atoms with E-state index in [9.17, 15) is 4.79 Å². The van der Waals surface area contributed by atoms with Crippen LogP contribution in [-0.2, 0) is 14.6 Å². The number of anilines is 2. The fourth-order valence-electron chi connectivity index (χ4n) is 3.77. The van der Waals surface area contributed by atoms with Gasteiger partial charge in [0, 0.05) is 18.8 Å². The van der Waals surface area contributed by atoms with E-state index in [0.717, 1.165) is 24.3 Å². The van der Waals surface area contributed by atoms with Crippen LogP contribution in [0.3, 0.4) is 0 Å². The molecule has 0 fully saturated rings. The molecule has 2 aromatic rings. The van der Waals surface area contributed by atoms with Gasteiger partial charge in [-0.25, -0.2) is 9.78 Å². The van der Waals surface area contributed by atoms with Gasteiger partial charge in [-0.15, -0.1) is 0 Å². The highest BCUT2D eigenvalue weighted by Gasteiger charge is 2.31. The van der Waals surface area contributed by atoms with E-state index in [4.69, 9.17) is 9.78 Å². The number of rotatable bonds is 10. The SMILES string of the molecule is CCOOCC1=NN(c2ccccc2)C(=O)/C1=C\c1ccc(N(CC)CC)cc1C(C)C. The van der Waals surface area contributed by atoms with Crippen LogP contribution in [0.2, 0.25) is 0 Å². The van der Waals surface area contributed by atoms with Crippen LogP contribution >= 0.6 is 0 Å². The number of carbonyl (C=O) groups excluding carboxylic acids is 1. The van der Waals surface area contributed by atoms with E-state index in [1.54, 1.807) is 0 Å². The normalized spacial score (nSPS) is 15.1. The van der Waals surface area contributed by atoms with Gasteiger partial charge in [-0.2, -0.15) is 10.1 Å². The molecule has 0 aromatic heterocycles. The number of hydrazone groups is 1. The van der Waals surface area contributed by atoms with E-state index in [1.165, 1.54) is 16.3 Å². The lowest BCUT2D eigenvalue weighted by atomic mass is 9.94. The molecular weight excluding hydrogens is 402 g/mol. The highest BCUT2D eigenvalue weighted by Crippen LogP contribution is 2.30. The van der Waals surface area contributed by atoms with Crippen molar-refractivity contribution in [1.29, 1.82) is 0 Å². The molecule has 1 aliphatic heterocycles. The molecule has 2 aromatic carbocycles. The van der Waals surface area contributed by atoms with Gasteiger partial charge in [-0.05, 0) is 68.2 Å². The summed E-state index contributed by atoms with van der Waals surface area (Å²) in [5.41, 5.74) is 5.19. The van der Waals surface area contributed by atoms with Gasteiger partial charge in [0.15, 0.2) is 0 Å². The van der Waals surface area contributed by atoms with Gasteiger partial charge in [0.05, 0.1) is 17.9 Å². The molecule has 170 valence electrons. The van der Waals surface area contributed by atoms with Crippen molar-refractivity contribution in [2.45, 2.75) is 40.5 Å². The second-order valence-electron chi connectivity index (χ2n) is 7.87.